The number of piperazine rings is 1. The Morgan fingerprint density at radius 3 is 2.66 bits per heavy atom. The average molecular weight is 396 g/mol. The van der Waals surface area contributed by atoms with Crippen molar-refractivity contribution in [3.05, 3.63) is 52.2 Å². The first-order chi connectivity index (χ1) is 14.1. The Kier molecular flexibility index (Phi) is 5.89. The number of aromatic nitrogens is 3. The molecule has 4 rings (SSSR count). The lowest BCUT2D eigenvalue weighted by Crippen LogP contribution is -2.50. The number of piperidine rings is 1. The zero-order valence-corrected chi connectivity index (χ0v) is 16.9. The van der Waals surface area contributed by atoms with Crippen molar-refractivity contribution in [2.24, 2.45) is 5.92 Å². The van der Waals surface area contributed by atoms with Crippen LogP contribution in [-0.4, -0.2) is 64.6 Å². The number of anilines is 1. The molecule has 4 heterocycles. The number of aryl methyl sites for hydroxylation is 1. The number of hydrogen-bond acceptors (Lipinski definition) is 6. The molecule has 29 heavy (non-hydrogen) atoms. The summed E-state index contributed by atoms with van der Waals surface area (Å²) >= 11 is 0. The van der Waals surface area contributed by atoms with Gasteiger partial charge in [-0.1, -0.05) is 0 Å². The van der Waals surface area contributed by atoms with Gasteiger partial charge in [0, 0.05) is 51.3 Å². The smallest absolute Gasteiger partial charge is 0.263 e. The molecule has 8 heteroatoms. The maximum absolute atomic E-state index is 13.2. The number of hydrogen-bond donors (Lipinski definition) is 1. The van der Waals surface area contributed by atoms with Crippen molar-refractivity contribution in [1.29, 1.82) is 0 Å². The molecule has 8 nitrogen and oxygen atoms in total. The Morgan fingerprint density at radius 2 is 1.97 bits per heavy atom. The van der Waals surface area contributed by atoms with Crippen LogP contribution in [-0.2, 0) is 6.54 Å². The zero-order chi connectivity index (χ0) is 20.2. The molecule has 2 aromatic rings. The third-order valence-electron chi connectivity index (χ3n) is 5.84. The molecule has 0 aliphatic carbocycles. The molecule has 0 bridgehead atoms. The van der Waals surface area contributed by atoms with E-state index in [2.05, 4.69) is 20.2 Å². The highest BCUT2D eigenvalue weighted by atomic mass is 16.2. The van der Waals surface area contributed by atoms with Crippen LogP contribution in [0.15, 0.2) is 35.5 Å². The predicted molar refractivity (Wildman–Crippen MR) is 111 cm³/mol. The fourth-order valence-electron chi connectivity index (χ4n) is 4.15. The molecule has 0 radical (unpaired) electrons. The van der Waals surface area contributed by atoms with E-state index in [-0.39, 0.29) is 11.5 Å². The van der Waals surface area contributed by atoms with Crippen molar-refractivity contribution in [2.45, 2.75) is 26.3 Å². The van der Waals surface area contributed by atoms with Gasteiger partial charge < -0.3 is 19.7 Å². The first-order valence-corrected chi connectivity index (χ1v) is 10.4. The third kappa shape index (κ3) is 4.32. The van der Waals surface area contributed by atoms with Crippen molar-refractivity contribution < 1.29 is 4.79 Å². The minimum atomic E-state index is -0.172. The number of carbonyl (C=O) groups excluding carboxylic acids is 1. The molecular formula is C21H28N6O2. The lowest BCUT2D eigenvalue weighted by molar-refractivity contribution is 0.0742. The van der Waals surface area contributed by atoms with Gasteiger partial charge in [-0.25, -0.2) is 9.97 Å². The lowest BCUT2D eigenvalue weighted by atomic mass is 9.99. The van der Waals surface area contributed by atoms with Gasteiger partial charge >= 0.3 is 0 Å². The fraction of sp³-hybridized carbons (Fsp3) is 0.524. The fourth-order valence-corrected chi connectivity index (χ4v) is 4.15. The topological polar surface area (TPSA) is 83.4 Å². The van der Waals surface area contributed by atoms with Crippen LogP contribution in [0.2, 0.25) is 0 Å². The average Bonchev–Trinajstić information content (AvgIpc) is 2.77. The van der Waals surface area contributed by atoms with Crippen molar-refractivity contribution in [1.82, 2.24) is 24.8 Å². The van der Waals surface area contributed by atoms with Gasteiger partial charge in [-0.3, -0.25) is 9.59 Å². The summed E-state index contributed by atoms with van der Waals surface area (Å²) in [4.78, 5) is 38.7. The number of carbonyl (C=O) groups is 1. The van der Waals surface area contributed by atoms with Gasteiger partial charge in [0.05, 0.1) is 0 Å². The van der Waals surface area contributed by atoms with Crippen LogP contribution >= 0.6 is 0 Å². The molecule has 1 amide bonds. The summed E-state index contributed by atoms with van der Waals surface area (Å²) in [6.45, 7) is 6.89. The Hall–Kier alpha value is -2.74. The van der Waals surface area contributed by atoms with E-state index in [0.29, 0.717) is 50.2 Å². The van der Waals surface area contributed by atoms with Gasteiger partial charge in [0.2, 0.25) is 5.95 Å². The molecule has 0 aromatic carbocycles. The first kappa shape index (κ1) is 19.6. The van der Waals surface area contributed by atoms with E-state index in [1.807, 2.05) is 19.2 Å². The van der Waals surface area contributed by atoms with Crippen molar-refractivity contribution in [2.75, 3.05) is 44.2 Å². The second-order valence-electron chi connectivity index (χ2n) is 7.87. The summed E-state index contributed by atoms with van der Waals surface area (Å²) in [6.07, 6.45) is 7.51. The quantitative estimate of drug-likeness (QED) is 0.827. The minimum absolute atomic E-state index is 0.169. The predicted octanol–water partition coefficient (Wildman–Crippen LogP) is 0.909. The summed E-state index contributed by atoms with van der Waals surface area (Å²) in [6, 6.07) is 3.68. The number of nitrogens with one attached hydrogen (secondary N) is 1. The summed E-state index contributed by atoms with van der Waals surface area (Å²) in [5.41, 5.74) is 0.877. The molecule has 2 fully saturated rings. The maximum Gasteiger partial charge on any atom is 0.263 e. The molecule has 1 atom stereocenters. The molecule has 2 saturated heterocycles. The van der Waals surface area contributed by atoms with Crippen LogP contribution < -0.4 is 15.8 Å². The van der Waals surface area contributed by atoms with E-state index in [0.717, 1.165) is 31.5 Å². The summed E-state index contributed by atoms with van der Waals surface area (Å²) < 4.78 is 1.71. The van der Waals surface area contributed by atoms with Crippen LogP contribution in [0, 0.1) is 12.8 Å². The van der Waals surface area contributed by atoms with E-state index in [1.54, 1.807) is 27.9 Å². The van der Waals surface area contributed by atoms with Gasteiger partial charge in [0.15, 0.2) is 0 Å². The molecule has 1 unspecified atom stereocenters. The Balaban J connectivity index is 1.47. The van der Waals surface area contributed by atoms with E-state index >= 15 is 0 Å². The summed E-state index contributed by atoms with van der Waals surface area (Å²) in [5.74, 6) is 0.942. The molecule has 0 spiro atoms. The summed E-state index contributed by atoms with van der Waals surface area (Å²) in [5, 5.41) is 3.39. The van der Waals surface area contributed by atoms with Crippen molar-refractivity contribution in [3.8, 4) is 0 Å². The van der Waals surface area contributed by atoms with Gasteiger partial charge in [-0.2, -0.15) is 0 Å². The van der Waals surface area contributed by atoms with E-state index in [9.17, 15) is 9.59 Å². The van der Waals surface area contributed by atoms with Crippen molar-refractivity contribution in [3.63, 3.8) is 0 Å². The maximum atomic E-state index is 13.2. The molecular weight excluding hydrogens is 368 g/mol. The lowest BCUT2D eigenvalue weighted by Gasteiger charge is -2.34. The molecule has 1 N–H and O–H groups in total. The van der Waals surface area contributed by atoms with Gasteiger partial charge in [0.25, 0.3) is 11.5 Å². The highest BCUT2D eigenvalue weighted by Crippen LogP contribution is 2.15. The molecule has 2 aliphatic rings. The van der Waals surface area contributed by atoms with E-state index in [1.165, 1.54) is 0 Å². The van der Waals surface area contributed by atoms with Gasteiger partial charge in [-0.15, -0.1) is 0 Å². The molecule has 2 aliphatic heterocycles. The van der Waals surface area contributed by atoms with Gasteiger partial charge in [0.1, 0.15) is 5.56 Å². The molecule has 2 aromatic heterocycles. The van der Waals surface area contributed by atoms with E-state index in [4.69, 9.17) is 0 Å². The second kappa shape index (κ2) is 8.73. The van der Waals surface area contributed by atoms with Crippen molar-refractivity contribution >= 4 is 11.9 Å². The Bertz CT molecular complexity index is 899. The van der Waals surface area contributed by atoms with Crippen LogP contribution in [0.25, 0.3) is 0 Å². The van der Waals surface area contributed by atoms with Gasteiger partial charge in [-0.05, 0) is 56.5 Å². The largest absolute Gasteiger partial charge is 0.337 e. The minimum Gasteiger partial charge on any atom is -0.337 e. The molecule has 154 valence electrons. The Labute approximate surface area is 170 Å². The Morgan fingerprint density at radius 1 is 1.21 bits per heavy atom. The number of nitrogens with zero attached hydrogens (tertiary/aromatic N) is 5. The third-order valence-corrected chi connectivity index (χ3v) is 5.84. The SMILES string of the molecule is Cc1ccn(CC2CCCNC2)c(=O)c1C(=O)N1CCN(c2ncccn2)CC1. The highest BCUT2D eigenvalue weighted by Gasteiger charge is 2.27. The summed E-state index contributed by atoms with van der Waals surface area (Å²) in [7, 11) is 0. The zero-order valence-electron chi connectivity index (χ0n) is 16.9. The molecule has 0 saturated carbocycles. The van der Waals surface area contributed by atoms with Crippen LogP contribution in [0.5, 0.6) is 0 Å². The first-order valence-electron chi connectivity index (χ1n) is 10.4. The number of pyridine rings is 1. The highest BCUT2D eigenvalue weighted by molar-refractivity contribution is 5.95. The second-order valence-corrected chi connectivity index (χ2v) is 7.87. The normalized spacial score (nSPS) is 20.0. The van der Waals surface area contributed by atoms with Crippen LogP contribution in [0.1, 0.15) is 28.8 Å². The monoisotopic (exact) mass is 396 g/mol. The van der Waals surface area contributed by atoms with Crippen LogP contribution in [0.3, 0.4) is 0 Å². The standard InChI is InChI=1S/C21H28N6O2/c1-16-5-9-27(15-17-4-2-6-22-14-17)20(29)18(16)19(28)25-10-12-26(13-11-25)21-23-7-3-8-24-21/h3,5,7-9,17,22H,2,4,6,10-15H2,1H3. The number of rotatable bonds is 4. The van der Waals surface area contributed by atoms with Crippen LogP contribution in [0.4, 0.5) is 5.95 Å². The number of amides is 1. The van der Waals surface area contributed by atoms with E-state index < -0.39 is 0 Å².